The first-order valence-corrected chi connectivity index (χ1v) is 9.73. The minimum atomic E-state index is -0.609. The lowest BCUT2D eigenvalue weighted by Gasteiger charge is -2.42. The van der Waals surface area contributed by atoms with Gasteiger partial charge in [0.15, 0.2) is 0 Å². The predicted molar refractivity (Wildman–Crippen MR) is 95.1 cm³/mol. The predicted octanol–water partition coefficient (Wildman–Crippen LogP) is 4.06. The van der Waals surface area contributed by atoms with Gasteiger partial charge in [-0.3, -0.25) is 4.79 Å². The molecule has 2 saturated carbocycles. The highest BCUT2D eigenvalue weighted by Crippen LogP contribution is 2.48. The normalized spacial score (nSPS) is 27.9. The zero-order valence-electron chi connectivity index (χ0n) is 14.1. The van der Waals surface area contributed by atoms with E-state index in [4.69, 9.17) is 11.6 Å². The second kappa shape index (κ2) is 6.03. The Morgan fingerprint density at radius 1 is 1.04 bits per heavy atom. The van der Waals surface area contributed by atoms with Crippen molar-refractivity contribution in [1.82, 2.24) is 4.90 Å². The first-order chi connectivity index (χ1) is 11.6. The third-order valence-electron chi connectivity index (χ3n) is 6.41. The molecule has 1 saturated heterocycles. The lowest BCUT2D eigenvalue weighted by Crippen LogP contribution is -2.53. The Balaban J connectivity index is 1.68. The average molecular weight is 348 g/mol. The number of halogens is 1. The summed E-state index contributed by atoms with van der Waals surface area (Å²) in [4.78, 5) is 15.7. The van der Waals surface area contributed by atoms with E-state index in [0.29, 0.717) is 5.02 Å². The molecule has 0 bridgehead atoms. The largest absolute Gasteiger partial charge is 0.388 e. The molecule has 1 unspecified atom stereocenters. The molecule has 24 heavy (non-hydrogen) atoms. The topological polar surface area (TPSA) is 40.5 Å². The van der Waals surface area contributed by atoms with E-state index in [1.807, 2.05) is 29.2 Å². The molecule has 3 aliphatic rings. The van der Waals surface area contributed by atoms with Gasteiger partial charge in [0.05, 0.1) is 17.1 Å². The molecular formula is C20H26ClNO2. The summed E-state index contributed by atoms with van der Waals surface area (Å²) in [7, 11) is 0. The van der Waals surface area contributed by atoms with E-state index in [-0.39, 0.29) is 11.9 Å². The number of carbonyl (C=O) groups excluding carboxylic acids is 1. The Morgan fingerprint density at radius 2 is 1.71 bits per heavy atom. The summed E-state index contributed by atoms with van der Waals surface area (Å²) in [6.45, 7) is 0.793. The van der Waals surface area contributed by atoms with Crippen molar-refractivity contribution in [2.24, 2.45) is 0 Å². The quantitative estimate of drug-likeness (QED) is 0.895. The van der Waals surface area contributed by atoms with Crippen molar-refractivity contribution in [3.8, 4) is 0 Å². The van der Waals surface area contributed by atoms with Crippen molar-refractivity contribution < 1.29 is 9.90 Å². The minimum absolute atomic E-state index is 0.0242. The molecule has 3 nitrogen and oxygen atoms in total. The molecule has 4 heteroatoms. The van der Waals surface area contributed by atoms with Crippen molar-refractivity contribution in [3.63, 3.8) is 0 Å². The Labute approximate surface area is 149 Å². The first kappa shape index (κ1) is 16.4. The van der Waals surface area contributed by atoms with Crippen molar-refractivity contribution in [2.75, 3.05) is 6.54 Å². The summed E-state index contributed by atoms with van der Waals surface area (Å²) < 4.78 is 0. The van der Waals surface area contributed by atoms with E-state index in [0.717, 1.165) is 63.5 Å². The monoisotopic (exact) mass is 347 g/mol. The second-order valence-electron chi connectivity index (χ2n) is 7.91. The van der Waals surface area contributed by atoms with Gasteiger partial charge in [-0.25, -0.2) is 0 Å². The van der Waals surface area contributed by atoms with Gasteiger partial charge in [0, 0.05) is 11.6 Å². The smallest absolute Gasteiger partial charge is 0.233 e. The summed E-state index contributed by atoms with van der Waals surface area (Å²) >= 11 is 6.07. The molecule has 1 amide bonds. The summed E-state index contributed by atoms with van der Waals surface area (Å²) in [6.07, 6.45) is 8.85. The number of hydrogen-bond donors (Lipinski definition) is 1. The van der Waals surface area contributed by atoms with Gasteiger partial charge in [0.2, 0.25) is 5.91 Å². The molecule has 1 aromatic carbocycles. The summed E-state index contributed by atoms with van der Waals surface area (Å²) in [5, 5.41) is 11.3. The molecule has 2 aliphatic carbocycles. The average Bonchev–Trinajstić information content (AvgIpc) is 3.16. The molecule has 3 fully saturated rings. The van der Waals surface area contributed by atoms with E-state index >= 15 is 0 Å². The number of carbonyl (C=O) groups is 1. The highest BCUT2D eigenvalue weighted by molar-refractivity contribution is 6.30. The van der Waals surface area contributed by atoms with Gasteiger partial charge >= 0.3 is 0 Å². The number of likely N-dealkylation sites (tertiary alicyclic amines) is 1. The lowest BCUT2D eigenvalue weighted by molar-refractivity contribution is -0.142. The minimum Gasteiger partial charge on any atom is -0.388 e. The maximum atomic E-state index is 13.7. The Hall–Kier alpha value is -1.06. The van der Waals surface area contributed by atoms with Crippen LogP contribution in [0.1, 0.15) is 63.4 Å². The zero-order chi connectivity index (χ0) is 16.8. The van der Waals surface area contributed by atoms with Crippen molar-refractivity contribution in [3.05, 3.63) is 34.9 Å². The molecule has 130 valence electrons. The van der Waals surface area contributed by atoms with Crippen molar-refractivity contribution in [1.29, 1.82) is 0 Å². The van der Waals surface area contributed by atoms with Crippen LogP contribution in [-0.2, 0) is 10.2 Å². The summed E-state index contributed by atoms with van der Waals surface area (Å²) in [5.74, 6) is 0.243. The van der Waals surface area contributed by atoms with Gasteiger partial charge in [-0.2, -0.15) is 0 Å². The van der Waals surface area contributed by atoms with E-state index < -0.39 is 11.0 Å². The first-order valence-electron chi connectivity index (χ1n) is 9.35. The van der Waals surface area contributed by atoms with E-state index in [9.17, 15) is 9.90 Å². The van der Waals surface area contributed by atoms with E-state index in [1.165, 1.54) is 6.42 Å². The highest BCUT2D eigenvalue weighted by atomic mass is 35.5. The molecule has 1 N–H and O–H groups in total. The highest BCUT2D eigenvalue weighted by Gasteiger charge is 2.55. The lowest BCUT2D eigenvalue weighted by atomic mass is 9.68. The fourth-order valence-electron chi connectivity index (χ4n) is 4.85. The van der Waals surface area contributed by atoms with Crippen LogP contribution in [0.4, 0.5) is 0 Å². The van der Waals surface area contributed by atoms with Crippen LogP contribution in [0, 0.1) is 0 Å². The van der Waals surface area contributed by atoms with Gasteiger partial charge in [-0.15, -0.1) is 0 Å². The van der Waals surface area contributed by atoms with Crippen LogP contribution in [0.5, 0.6) is 0 Å². The van der Waals surface area contributed by atoms with Gasteiger partial charge < -0.3 is 10.0 Å². The SMILES string of the molecule is O=C(N1CCCC1C1(O)CC1)C1(c2ccc(Cl)cc2)CCCCC1. The van der Waals surface area contributed by atoms with Crippen molar-refractivity contribution >= 4 is 17.5 Å². The maximum Gasteiger partial charge on any atom is 0.233 e. The van der Waals surface area contributed by atoms with Gasteiger partial charge in [0.1, 0.15) is 0 Å². The van der Waals surface area contributed by atoms with Crippen LogP contribution in [0.25, 0.3) is 0 Å². The zero-order valence-corrected chi connectivity index (χ0v) is 14.9. The molecule has 4 rings (SSSR count). The van der Waals surface area contributed by atoms with Crippen LogP contribution in [0.3, 0.4) is 0 Å². The summed E-state index contributed by atoms with van der Waals surface area (Å²) in [5.41, 5.74) is 0.0728. The van der Waals surface area contributed by atoms with Crippen LogP contribution in [0.15, 0.2) is 24.3 Å². The van der Waals surface area contributed by atoms with Crippen molar-refractivity contribution in [2.45, 2.75) is 74.8 Å². The number of rotatable bonds is 3. The van der Waals surface area contributed by atoms with Gasteiger partial charge in [0.25, 0.3) is 0 Å². The van der Waals surface area contributed by atoms with Gasteiger partial charge in [-0.1, -0.05) is 43.0 Å². The number of aliphatic hydroxyl groups is 1. The molecule has 1 aromatic rings. The fourth-order valence-corrected chi connectivity index (χ4v) is 4.98. The van der Waals surface area contributed by atoms with Crippen LogP contribution in [0.2, 0.25) is 5.02 Å². The molecule has 0 spiro atoms. The number of benzene rings is 1. The molecule has 1 aliphatic heterocycles. The van der Waals surface area contributed by atoms with Crippen LogP contribution >= 0.6 is 11.6 Å². The Kier molecular flexibility index (Phi) is 4.12. The van der Waals surface area contributed by atoms with E-state index in [2.05, 4.69) is 0 Å². The number of hydrogen-bond acceptors (Lipinski definition) is 2. The fraction of sp³-hybridized carbons (Fsp3) is 0.650. The maximum absolute atomic E-state index is 13.7. The Bertz CT molecular complexity index is 617. The number of nitrogens with zero attached hydrogens (tertiary/aromatic N) is 1. The third-order valence-corrected chi connectivity index (χ3v) is 6.66. The van der Waals surface area contributed by atoms with Crippen LogP contribution < -0.4 is 0 Å². The molecule has 0 aromatic heterocycles. The standard InChI is InChI=1S/C20H26ClNO2/c21-16-8-6-15(7-9-16)19(10-2-1-3-11-19)18(23)22-14-4-5-17(22)20(24)12-13-20/h6-9,17,24H,1-5,10-14H2. The van der Waals surface area contributed by atoms with E-state index in [1.54, 1.807) is 0 Å². The third kappa shape index (κ3) is 2.66. The van der Waals surface area contributed by atoms with Crippen LogP contribution in [-0.4, -0.2) is 34.1 Å². The summed E-state index contributed by atoms with van der Waals surface area (Å²) in [6, 6.07) is 7.88. The molecule has 1 atom stereocenters. The number of amides is 1. The Morgan fingerprint density at radius 3 is 2.33 bits per heavy atom. The second-order valence-corrected chi connectivity index (χ2v) is 8.35. The molecule has 0 radical (unpaired) electrons. The van der Waals surface area contributed by atoms with Gasteiger partial charge in [-0.05, 0) is 56.2 Å². The molecular weight excluding hydrogens is 322 g/mol. The molecule has 1 heterocycles.